The molecule has 0 atom stereocenters. The summed E-state index contributed by atoms with van der Waals surface area (Å²) in [7, 11) is 0. The van der Waals surface area contributed by atoms with Gasteiger partial charge in [-0.2, -0.15) is 0 Å². The van der Waals surface area contributed by atoms with Crippen molar-refractivity contribution in [1.29, 1.82) is 0 Å². The van der Waals surface area contributed by atoms with Crippen molar-refractivity contribution in [3.8, 4) is 0 Å². The predicted octanol–water partition coefficient (Wildman–Crippen LogP) is 6.39. The molecule has 2 aliphatic rings. The summed E-state index contributed by atoms with van der Waals surface area (Å²) < 4.78 is 78.1. The van der Waals surface area contributed by atoms with E-state index in [1.54, 1.807) is 64.2 Å². The van der Waals surface area contributed by atoms with Crippen LogP contribution in [0.1, 0.15) is 65.5 Å². The summed E-state index contributed by atoms with van der Waals surface area (Å²) in [6.45, 7) is 11.0. The number of amides is 2. The van der Waals surface area contributed by atoms with Crippen LogP contribution in [0.15, 0.2) is 68.5 Å². The Morgan fingerprint density at radius 2 is 1.08 bits per heavy atom. The Labute approximate surface area is 290 Å². The van der Waals surface area contributed by atoms with Crippen LogP contribution in [0.2, 0.25) is 0 Å². The molecule has 2 aliphatic carbocycles. The average Bonchev–Trinajstić information content (AvgIpc) is 3.81. The molecule has 4 rings (SSSR count). The van der Waals surface area contributed by atoms with Crippen molar-refractivity contribution in [3.63, 3.8) is 0 Å². The van der Waals surface area contributed by atoms with Crippen LogP contribution in [0.5, 0.6) is 0 Å². The molecular weight excluding hydrogens is 672 g/mol. The molecule has 2 aromatic carbocycles. The fourth-order valence-electron chi connectivity index (χ4n) is 6.25. The molecule has 0 bridgehead atoms. The van der Waals surface area contributed by atoms with Gasteiger partial charge >= 0.3 is 291 Å². The number of allylic oxidation sites excluding steroid dienone is 8. The second-order valence-corrected chi connectivity index (χ2v) is 19.5. The number of nitrogens with one attached hydrogen (secondary N) is 2. The molecule has 6 nitrogen and oxygen atoms in total. The van der Waals surface area contributed by atoms with Gasteiger partial charge in [-0.3, -0.25) is 0 Å². The van der Waals surface area contributed by atoms with Crippen LogP contribution in [0.25, 0.3) is 0 Å². The minimum atomic E-state index is -5.11. The minimum absolute atomic E-state index is 0.00849. The van der Waals surface area contributed by atoms with E-state index >= 15 is 17.6 Å². The van der Waals surface area contributed by atoms with Gasteiger partial charge in [0.05, 0.1) is 0 Å². The number of ether oxygens (including phenoxy) is 2. The van der Waals surface area contributed by atoms with Gasteiger partial charge in [-0.05, 0) is 0 Å². The molecule has 0 unspecified atom stereocenters. The molecule has 0 radical (unpaired) electrons. The van der Waals surface area contributed by atoms with Gasteiger partial charge in [0, 0.05) is 0 Å². The maximum absolute atomic E-state index is 17.0. The average molecular weight is 719 g/mol. The third-order valence-corrected chi connectivity index (χ3v) is 17.0. The topological polar surface area (TPSA) is 76.7 Å². The summed E-state index contributed by atoms with van der Waals surface area (Å²) in [6.07, 6.45) is 11.0. The number of hydrogen-bond acceptors (Lipinski definition) is 4. The third-order valence-electron chi connectivity index (χ3n) is 9.04. The van der Waals surface area contributed by atoms with Crippen molar-refractivity contribution in [3.05, 3.63) is 103 Å². The molecule has 0 fully saturated rings. The Bertz CT molecular complexity index is 1570. The van der Waals surface area contributed by atoms with Crippen molar-refractivity contribution in [1.82, 2.24) is 10.6 Å². The number of hydrogen-bond donors (Lipinski definition) is 2. The van der Waals surface area contributed by atoms with Gasteiger partial charge in [0.1, 0.15) is 0 Å². The summed E-state index contributed by atoms with van der Waals surface area (Å²) in [4.78, 5) is 26.1. The van der Waals surface area contributed by atoms with Crippen LogP contribution in [0.4, 0.5) is 17.6 Å². The van der Waals surface area contributed by atoms with Crippen molar-refractivity contribution in [2.24, 2.45) is 10.8 Å². The van der Waals surface area contributed by atoms with Crippen molar-refractivity contribution in [2.45, 2.75) is 67.5 Å². The van der Waals surface area contributed by atoms with Crippen LogP contribution in [0.3, 0.4) is 0 Å². The van der Waals surface area contributed by atoms with Crippen LogP contribution < -0.4 is 18.4 Å². The summed E-state index contributed by atoms with van der Waals surface area (Å²) in [5, 5.41) is 5.48. The van der Waals surface area contributed by atoms with E-state index in [1.165, 1.54) is 12.1 Å². The zero-order valence-corrected chi connectivity index (χ0v) is 30.6. The number of carbonyl (C=O) groups excluding carboxylic acids is 2. The Hall–Kier alpha value is -3.31. The van der Waals surface area contributed by atoms with Crippen LogP contribution in [0, 0.1) is 34.1 Å². The molecule has 0 saturated heterocycles. The van der Waals surface area contributed by atoms with Gasteiger partial charge in [-0.25, -0.2) is 0 Å². The Balaban J connectivity index is 1.87. The van der Waals surface area contributed by atoms with Crippen LogP contribution in [-0.4, -0.2) is 38.2 Å². The first-order valence-electron chi connectivity index (χ1n) is 16.6. The predicted molar refractivity (Wildman–Crippen MR) is 180 cm³/mol. The summed E-state index contributed by atoms with van der Waals surface area (Å²) in [5.74, 6) is -4.50. The van der Waals surface area contributed by atoms with Crippen LogP contribution in [-0.2, 0) is 48.7 Å². The molecule has 2 N–H and O–H groups in total. The van der Waals surface area contributed by atoms with E-state index in [2.05, 4.69) is 10.6 Å². The fraction of sp³-hybridized carbons (Fsp3) is 0.421. The summed E-state index contributed by atoms with van der Waals surface area (Å²) in [5.41, 5.74) is -1.85. The van der Waals surface area contributed by atoms with E-state index in [0.29, 0.717) is 21.0 Å². The molecule has 2 amide bonds. The Kier molecular flexibility index (Phi) is 12.7. The van der Waals surface area contributed by atoms with Gasteiger partial charge < -0.3 is 0 Å². The van der Waals surface area contributed by atoms with E-state index in [4.69, 9.17) is 9.47 Å². The zero-order valence-electron chi connectivity index (χ0n) is 29.1. The summed E-state index contributed by atoms with van der Waals surface area (Å²) in [6, 6.07) is 4.72. The SMILES string of the molecule is CCOCC(C)(C)C(=O)NCc1ccc(F)[c]([Ti]([C]2=CC=CC2)([C]2=CC=CC2)[c]2c(F)ccc(CNC(=O)C(C)(C)COCC)c2F)c1F. The first kappa shape index (κ1) is 38.5. The second kappa shape index (κ2) is 16.1. The van der Waals surface area contributed by atoms with Gasteiger partial charge in [-0.15, -0.1) is 0 Å². The van der Waals surface area contributed by atoms with E-state index in [9.17, 15) is 9.59 Å². The van der Waals surface area contributed by atoms with E-state index in [-0.39, 0.29) is 69.8 Å². The summed E-state index contributed by atoms with van der Waals surface area (Å²) >= 11 is -5.11. The molecular formula is C38H46F4N2O4Ti. The number of halogens is 4. The Morgan fingerprint density at radius 1 is 0.694 bits per heavy atom. The second-order valence-electron chi connectivity index (χ2n) is 13.6. The zero-order chi connectivity index (χ0) is 36.0. The normalized spacial score (nSPS) is 14.7. The van der Waals surface area contributed by atoms with E-state index in [0.717, 1.165) is 12.1 Å². The van der Waals surface area contributed by atoms with Crippen LogP contribution >= 0.6 is 0 Å². The number of carbonyl (C=O) groups is 2. The number of rotatable bonds is 16. The quantitative estimate of drug-likeness (QED) is 0.156. The maximum atomic E-state index is 17.0. The molecule has 0 aromatic heterocycles. The molecule has 11 heteroatoms. The molecule has 0 spiro atoms. The standard InChI is InChI=1S/2C14H18F2NO2.2C5H5.Ti/c2*1-4-19-9-14(2,3)13(18)17-8-10-5-6-11(15)7-12(10)16;2*1-2-4-5-3-1;/h2*5-6H,4,8-9H2,1-3H3,(H,17,18);2*1-3H,4H2;. The molecule has 0 heterocycles. The fourth-order valence-corrected chi connectivity index (χ4v) is 14.6. The van der Waals surface area contributed by atoms with E-state index < -0.39 is 50.7 Å². The Morgan fingerprint density at radius 3 is 1.41 bits per heavy atom. The third kappa shape index (κ3) is 8.03. The molecule has 264 valence electrons. The monoisotopic (exact) mass is 718 g/mol. The van der Waals surface area contributed by atoms with Gasteiger partial charge in [0.2, 0.25) is 0 Å². The van der Waals surface area contributed by atoms with Crippen molar-refractivity contribution < 1.29 is 53.2 Å². The van der Waals surface area contributed by atoms with Gasteiger partial charge in [0.15, 0.2) is 0 Å². The van der Waals surface area contributed by atoms with E-state index in [1.807, 2.05) is 13.8 Å². The first-order chi connectivity index (χ1) is 23.2. The van der Waals surface area contributed by atoms with Gasteiger partial charge in [-0.1, -0.05) is 0 Å². The molecule has 2 aromatic rings. The molecule has 0 aliphatic heterocycles. The van der Waals surface area contributed by atoms with Crippen molar-refractivity contribution in [2.75, 3.05) is 26.4 Å². The van der Waals surface area contributed by atoms with Gasteiger partial charge in [0.25, 0.3) is 0 Å². The molecule has 49 heavy (non-hydrogen) atoms. The first-order valence-corrected chi connectivity index (χ1v) is 19.7. The number of benzene rings is 2. The molecule has 0 saturated carbocycles. The van der Waals surface area contributed by atoms with Crippen molar-refractivity contribution >= 4 is 19.6 Å².